The van der Waals surface area contributed by atoms with Gasteiger partial charge in [-0.15, -0.1) is 0 Å². The normalized spacial score (nSPS) is 12.0. The third-order valence-electron chi connectivity index (χ3n) is 3.21. The number of carboxylic acid groups (broad SMARTS) is 1. The minimum atomic E-state index is -0.926. The van der Waals surface area contributed by atoms with Crippen molar-refractivity contribution in [3.05, 3.63) is 58.4 Å². The number of methoxy groups -OCH3 is 1. The van der Waals surface area contributed by atoms with Crippen molar-refractivity contribution in [1.29, 1.82) is 0 Å². The van der Waals surface area contributed by atoms with Gasteiger partial charge < -0.3 is 9.84 Å². The van der Waals surface area contributed by atoms with Gasteiger partial charge in [-0.25, -0.2) is 0 Å². The number of nitrogens with zero attached hydrogens (tertiary/aromatic N) is 1. The van der Waals surface area contributed by atoms with Crippen LogP contribution in [-0.4, -0.2) is 23.2 Å². The highest BCUT2D eigenvalue weighted by molar-refractivity contribution is 6.31. The Morgan fingerprint density at radius 1 is 1.38 bits per heavy atom. The number of hydrogen-bond donors (Lipinski definition) is 1. The van der Waals surface area contributed by atoms with Gasteiger partial charge in [-0.05, 0) is 18.6 Å². The molecule has 1 N–H and O–H groups in total. The first-order chi connectivity index (χ1) is 10.0. The van der Waals surface area contributed by atoms with Gasteiger partial charge in [0.1, 0.15) is 5.75 Å². The van der Waals surface area contributed by atoms with Crippen molar-refractivity contribution < 1.29 is 14.6 Å². The lowest BCUT2D eigenvalue weighted by Crippen LogP contribution is -2.16. The van der Waals surface area contributed by atoms with Crippen molar-refractivity contribution in [1.82, 2.24) is 4.98 Å². The first kappa shape index (κ1) is 15.3. The zero-order valence-electron chi connectivity index (χ0n) is 11.8. The van der Waals surface area contributed by atoms with Crippen molar-refractivity contribution in [2.75, 3.05) is 7.11 Å². The molecule has 0 fully saturated rings. The van der Waals surface area contributed by atoms with Crippen molar-refractivity contribution in [3.8, 4) is 5.75 Å². The van der Waals surface area contributed by atoms with Gasteiger partial charge in [0.15, 0.2) is 0 Å². The molecule has 0 amide bonds. The molecule has 1 atom stereocenters. The molecule has 110 valence electrons. The van der Waals surface area contributed by atoms with E-state index in [1.807, 2.05) is 6.92 Å². The van der Waals surface area contributed by atoms with Crippen LogP contribution in [0.4, 0.5) is 0 Å². The second-order valence-corrected chi connectivity index (χ2v) is 5.16. The highest BCUT2D eigenvalue weighted by Crippen LogP contribution is 2.28. The number of halogens is 1. The molecule has 0 radical (unpaired) electrons. The Bertz CT molecular complexity index is 658. The highest BCUT2D eigenvalue weighted by Gasteiger charge is 2.23. The van der Waals surface area contributed by atoms with Crippen LogP contribution in [0.1, 0.15) is 22.9 Å². The van der Waals surface area contributed by atoms with Crippen LogP contribution in [0.2, 0.25) is 5.02 Å². The third-order valence-corrected chi connectivity index (χ3v) is 3.55. The van der Waals surface area contributed by atoms with E-state index < -0.39 is 11.9 Å². The monoisotopic (exact) mass is 305 g/mol. The second kappa shape index (κ2) is 6.59. The first-order valence-electron chi connectivity index (χ1n) is 6.50. The summed E-state index contributed by atoms with van der Waals surface area (Å²) in [6, 6.07) is 10.5. The molecule has 0 bridgehead atoms. The number of carboxylic acids is 1. The standard InChI is InChI=1S/C16H16ClNO3/c1-10-7-12(21-2)8-11(18-10)9-14(16(19)20)13-5-3-4-6-15(13)17/h3-8,14H,9H2,1-2H3,(H,19,20). The van der Waals surface area contributed by atoms with Crippen LogP contribution in [0.3, 0.4) is 0 Å². The topological polar surface area (TPSA) is 59.4 Å². The predicted molar refractivity (Wildman–Crippen MR) is 81.1 cm³/mol. The van der Waals surface area contributed by atoms with E-state index in [0.29, 0.717) is 22.0 Å². The highest BCUT2D eigenvalue weighted by atomic mass is 35.5. The number of rotatable bonds is 5. The summed E-state index contributed by atoms with van der Waals surface area (Å²) in [4.78, 5) is 16.0. The van der Waals surface area contributed by atoms with Gasteiger partial charge in [-0.1, -0.05) is 29.8 Å². The molecule has 0 aliphatic rings. The summed E-state index contributed by atoms with van der Waals surface area (Å²) >= 11 is 6.11. The smallest absolute Gasteiger partial charge is 0.311 e. The lowest BCUT2D eigenvalue weighted by molar-refractivity contribution is -0.138. The predicted octanol–water partition coefficient (Wildman–Crippen LogP) is 3.46. The van der Waals surface area contributed by atoms with Gasteiger partial charge in [-0.2, -0.15) is 0 Å². The number of hydrogen-bond acceptors (Lipinski definition) is 3. The van der Waals surface area contributed by atoms with Crippen molar-refractivity contribution >= 4 is 17.6 Å². The van der Waals surface area contributed by atoms with E-state index in [1.54, 1.807) is 43.5 Å². The summed E-state index contributed by atoms with van der Waals surface area (Å²) in [5.74, 6) is -0.996. The van der Waals surface area contributed by atoms with E-state index in [-0.39, 0.29) is 6.42 Å². The van der Waals surface area contributed by atoms with Crippen LogP contribution in [0, 0.1) is 6.92 Å². The summed E-state index contributed by atoms with van der Waals surface area (Å²) in [6.45, 7) is 1.84. The van der Waals surface area contributed by atoms with E-state index in [9.17, 15) is 9.90 Å². The molecule has 4 nitrogen and oxygen atoms in total. The van der Waals surface area contributed by atoms with Crippen LogP contribution in [0.25, 0.3) is 0 Å². The fourth-order valence-electron chi connectivity index (χ4n) is 2.22. The number of aliphatic carboxylic acids is 1. The first-order valence-corrected chi connectivity index (χ1v) is 6.88. The van der Waals surface area contributed by atoms with Crippen LogP contribution < -0.4 is 4.74 Å². The van der Waals surface area contributed by atoms with E-state index in [2.05, 4.69) is 4.98 Å². The van der Waals surface area contributed by atoms with Crippen molar-refractivity contribution in [2.45, 2.75) is 19.3 Å². The molecule has 2 aromatic rings. The molecule has 1 aromatic heterocycles. The van der Waals surface area contributed by atoms with Gasteiger partial charge >= 0.3 is 5.97 Å². The van der Waals surface area contributed by atoms with Gasteiger partial charge in [0.25, 0.3) is 0 Å². The maximum atomic E-state index is 11.6. The molecule has 5 heteroatoms. The zero-order valence-corrected chi connectivity index (χ0v) is 12.6. The Kier molecular flexibility index (Phi) is 4.81. The van der Waals surface area contributed by atoms with Crippen molar-refractivity contribution in [3.63, 3.8) is 0 Å². The number of ether oxygens (including phenoxy) is 1. The van der Waals surface area contributed by atoms with E-state index in [0.717, 1.165) is 5.69 Å². The van der Waals surface area contributed by atoms with Crippen LogP contribution >= 0.6 is 11.6 Å². The number of benzene rings is 1. The fourth-order valence-corrected chi connectivity index (χ4v) is 2.49. The van der Waals surface area contributed by atoms with Gasteiger partial charge in [0, 0.05) is 35.0 Å². The molecule has 21 heavy (non-hydrogen) atoms. The number of pyridine rings is 1. The quantitative estimate of drug-likeness (QED) is 0.919. The summed E-state index contributed by atoms with van der Waals surface area (Å²) in [5, 5.41) is 9.94. The number of aromatic nitrogens is 1. The molecule has 0 saturated heterocycles. The molecule has 0 spiro atoms. The van der Waals surface area contributed by atoms with Gasteiger partial charge in [-0.3, -0.25) is 9.78 Å². The molecule has 1 unspecified atom stereocenters. The molecular formula is C16H16ClNO3. The second-order valence-electron chi connectivity index (χ2n) is 4.76. The largest absolute Gasteiger partial charge is 0.497 e. The van der Waals surface area contributed by atoms with E-state index in [4.69, 9.17) is 16.3 Å². The van der Waals surface area contributed by atoms with E-state index in [1.165, 1.54) is 0 Å². The minimum absolute atomic E-state index is 0.261. The summed E-state index contributed by atoms with van der Waals surface area (Å²) in [5.41, 5.74) is 2.04. The van der Waals surface area contributed by atoms with Gasteiger partial charge in [0.2, 0.25) is 0 Å². The lowest BCUT2D eigenvalue weighted by Gasteiger charge is -2.15. The van der Waals surface area contributed by atoms with E-state index >= 15 is 0 Å². The Hall–Kier alpha value is -2.07. The average Bonchev–Trinajstić information content (AvgIpc) is 2.45. The molecule has 0 aliphatic carbocycles. The van der Waals surface area contributed by atoms with Crippen LogP contribution in [-0.2, 0) is 11.2 Å². The Balaban J connectivity index is 2.35. The Morgan fingerprint density at radius 3 is 2.71 bits per heavy atom. The SMILES string of the molecule is COc1cc(C)nc(CC(C(=O)O)c2ccccc2Cl)c1. The maximum Gasteiger partial charge on any atom is 0.311 e. The molecule has 1 heterocycles. The lowest BCUT2D eigenvalue weighted by atomic mass is 9.94. The van der Waals surface area contributed by atoms with Crippen molar-refractivity contribution in [2.24, 2.45) is 0 Å². The third kappa shape index (κ3) is 3.73. The van der Waals surface area contributed by atoms with Gasteiger partial charge in [0.05, 0.1) is 13.0 Å². The Labute approximate surface area is 128 Å². The average molecular weight is 306 g/mol. The molecule has 0 aliphatic heterocycles. The maximum absolute atomic E-state index is 11.6. The minimum Gasteiger partial charge on any atom is -0.497 e. The van der Waals surface area contributed by atoms with Crippen LogP contribution in [0.15, 0.2) is 36.4 Å². The molecule has 1 aromatic carbocycles. The molecule has 2 rings (SSSR count). The summed E-state index contributed by atoms with van der Waals surface area (Å²) in [6.07, 6.45) is 0.261. The fraction of sp³-hybridized carbons (Fsp3) is 0.250. The summed E-state index contributed by atoms with van der Waals surface area (Å²) < 4.78 is 5.19. The molecular weight excluding hydrogens is 290 g/mol. The summed E-state index contributed by atoms with van der Waals surface area (Å²) in [7, 11) is 1.57. The van der Waals surface area contributed by atoms with Crippen LogP contribution in [0.5, 0.6) is 5.75 Å². The Morgan fingerprint density at radius 2 is 2.10 bits per heavy atom. The number of carbonyl (C=O) groups is 1. The molecule has 0 saturated carbocycles. The zero-order chi connectivity index (χ0) is 15.4. The number of aryl methyl sites for hydroxylation is 1.